The molecule has 2 atom stereocenters. The molecule has 0 spiro atoms. The van der Waals surface area contributed by atoms with Crippen molar-refractivity contribution >= 4 is 0 Å². The molecule has 2 nitrogen and oxygen atoms in total. The van der Waals surface area contributed by atoms with Gasteiger partial charge in [0, 0.05) is 18.6 Å². The van der Waals surface area contributed by atoms with Gasteiger partial charge >= 0.3 is 0 Å². The minimum absolute atomic E-state index is 0.733. The molecule has 1 N–H and O–H groups in total. The Kier molecular flexibility index (Phi) is 7.06. The van der Waals surface area contributed by atoms with Gasteiger partial charge in [-0.25, -0.2) is 0 Å². The third-order valence-corrected chi connectivity index (χ3v) is 3.76. The lowest BCUT2D eigenvalue weighted by molar-refractivity contribution is 0.198. The maximum Gasteiger partial charge on any atom is 0.0195 e. The van der Waals surface area contributed by atoms with Gasteiger partial charge in [-0.2, -0.15) is 0 Å². The van der Waals surface area contributed by atoms with Crippen LogP contribution in [0.5, 0.6) is 0 Å². The van der Waals surface area contributed by atoms with Crippen molar-refractivity contribution in [2.24, 2.45) is 0 Å². The van der Waals surface area contributed by atoms with Crippen molar-refractivity contribution in [3.63, 3.8) is 0 Å². The van der Waals surface area contributed by atoms with Crippen LogP contribution in [0.15, 0.2) is 0 Å². The molecule has 0 radical (unpaired) electrons. The molecular formula is C14H30N2. The zero-order valence-corrected chi connectivity index (χ0v) is 11.5. The molecule has 0 saturated carbocycles. The lowest BCUT2D eigenvalue weighted by atomic mass is 10.1. The molecule has 96 valence electrons. The summed E-state index contributed by atoms with van der Waals surface area (Å²) in [5, 5.41) is 3.69. The van der Waals surface area contributed by atoms with Crippen LogP contribution in [0.25, 0.3) is 0 Å². The molecule has 1 rings (SSSR count). The first-order valence-electron chi connectivity index (χ1n) is 7.25. The summed E-state index contributed by atoms with van der Waals surface area (Å²) < 4.78 is 0. The molecule has 0 aromatic heterocycles. The third-order valence-electron chi connectivity index (χ3n) is 3.76. The van der Waals surface area contributed by atoms with Gasteiger partial charge in [-0.1, -0.05) is 33.1 Å². The quantitative estimate of drug-likeness (QED) is 0.700. The SMILES string of the molecule is CCCCCN1CC(CCC)NCCC1C. The average Bonchev–Trinajstić information content (AvgIpc) is 2.43. The highest BCUT2D eigenvalue weighted by Crippen LogP contribution is 2.13. The van der Waals surface area contributed by atoms with Crippen molar-refractivity contribution in [3.8, 4) is 0 Å². The van der Waals surface area contributed by atoms with E-state index in [1.165, 1.54) is 58.2 Å². The second-order valence-corrected chi connectivity index (χ2v) is 5.28. The van der Waals surface area contributed by atoms with E-state index in [4.69, 9.17) is 0 Å². The highest BCUT2D eigenvalue weighted by atomic mass is 15.2. The molecule has 1 saturated heterocycles. The molecule has 0 bridgehead atoms. The van der Waals surface area contributed by atoms with Crippen molar-refractivity contribution in [1.82, 2.24) is 10.2 Å². The normalized spacial score (nSPS) is 27.9. The van der Waals surface area contributed by atoms with Gasteiger partial charge in [0.05, 0.1) is 0 Å². The summed E-state index contributed by atoms with van der Waals surface area (Å²) in [5.41, 5.74) is 0. The summed E-state index contributed by atoms with van der Waals surface area (Å²) in [5.74, 6) is 0. The first-order chi connectivity index (χ1) is 7.77. The number of hydrogen-bond acceptors (Lipinski definition) is 2. The summed E-state index contributed by atoms with van der Waals surface area (Å²) in [6.07, 6.45) is 8.03. The molecule has 2 heteroatoms. The second-order valence-electron chi connectivity index (χ2n) is 5.28. The fourth-order valence-electron chi connectivity index (χ4n) is 2.62. The standard InChI is InChI=1S/C14H30N2/c1-4-6-7-11-16-12-14(8-5-2)15-10-9-13(16)3/h13-15H,4-12H2,1-3H3. The van der Waals surface area contributed by atoms with Gasteiger partial charge in [0.2, 0.25) is 0 Å². The lowest BCUT2D eigenvalue weighted by Crippen LogP contribution is -2.40. The van der Waals surface area contributed by atoms with Crippen molar-refractivity contribution in [2.45, 2.75) is 71.4 Å². The molecule has 0 aromatic rings. The maximum absolute atomic E-state index is 3.69. The number of hydrogen-bond donors (Lipinski definition) is 1. The average molecular weight is 226 g/mol. The second kappa shape index (κ2) is 8.08. The molecule has 1 aliphatic rings. The van der Waals surface area contributed by atoms with E-state index in [0.717, 1.165) is 12.1 Å². The van der Waals surface area contributed by atoms with Gasteiger partial charge in [0.25, 0.3) is 0 Å². The first-order valence-corrected chi connectivity index (χ1v) is 7.25. The zero-order chi connectivity index (χ0) is 11.8. The summed E-state index contributed by atoms with van der Waals surface area (Å²) in [6, 6.07) is 1.50. The van der Waals surface area contributed by atoms with Crippen LogP contribution in [-0.4, -0.2) is 36.6 Å². The van der Waals surface area contributed by atoms with Crippen molar-refractivity contribution in [1.29, 1.82) is 0 Å². The van der Waals surface area contributed by atoms with Crippen LogP contribution in [0.2, 0.25) is 0 Å². The van der Waals surface area contributed by atoms with E-state index in [2.05, 4.69) is 31.0 Å². The van der Waals surface area contributed by atoms with E-state index in [9.17, 15) is 0 Å². The van der Waals surface area contributed by atoms with Gasteiger partial charge < -0.3 is 5.32 Å². The van der Waals surface area contributed by atoms with Crippen LogP contribution in [0.1, 0.15) is 59.3 Å². The summed E-state index contributed by atoms with van der Waals surface area (Å²) in [6.45, 7) is 10.7. The van der Waals surface area contributed by atoms with E-state index >= 15 is 0 Å². The topological polar surface area (TPSA) is 15.3 Å². The summed E-state index contributed by atoms with van der Waals surface area (Å²) in [7, 11) is 0. The molecule has 0 aliphatic carbocycles. The van der Waals surface area contributed by atoms with Gasteiger partial charge in [-0.05, 0) is 39.3 Å². The Labute approximate surface area is 102 Å². The minimum atomic E-state index is 0.733. The lowest BCUT2D eigenvalue weighted by Gasteiger charge is -2.29. The van der Waals surface area contributed by atoms with Crippen LogP contribution in [0, 0.1) is 0 Å². The van der Waals surface area contributed by atoms with E-state index < -0.39 is 0 Å². The van der Waals surface area contributed by atoms with Crippen LogP contribution in [-0.2, 0) is 0 Å². The van der Waals surface area contributed by atoms with Gasteiger partial charge in [-0.15, -0.1) is 0 Å². The van der Waals surface area contributed by atoms with Crippen LogP contribution in [0.3, 0.4) is 0 Å². The van der Waals surface area contributed by atoms with Crippen molar-refractivity contribution in [3.05, 3.63) is 0 Å². The Morgan fingerprint density at radius 3 is 2.69 bits per heavy atom. The Morgan fingerprint density at radius 2 is 2.00 bits per heavy atom. The fraction of sp³-hybridized carbons (Fsp3) is 1.00. The van der Waals surface area contributed by atoms with Crippen LogP contribution in [0.4, 0.5) is 0 Å². The monoisotopic (exact) mass is 226 g/mol. The first kappa shape index (κ1) is 14.0. The number of nitrogens with one attached hydrogen (secondary N) is 1. The molecule has 0 aromatic carbocycles. The predicted molar refractivity (Wildman–Crippen MR) is 71.9 cm³/mol. The van der Waals surface area contributed by atoms with Gasteiger partial charge in [0.15, 0.2) is 0 Å². The van der Waals surface area contributed by atoms with E-state index in [1.807, 2.05) is 0 Å². The highest BCUT2D eigenvalue weighted by molar-refractivity contribution is 4.80. The number of nitrogens with zero attached hydrogens (tertiary/aromatic N) is 1. The molecule has 1 fully saturated rings. The van der Waals surface area contributed by atoms with Gasteiger partial charge in [0.1, 0.15) is 0 Å². The van der Waals surface area contributed by atoms with E-state index in [-0.39, 0.29) is 0 Å². The molecule has 1 heterocycles. The Balaban J connectivity index is 2.36. The van der Waals surface area contributed by atoms with Crippen LogP contribution >= 0.6 is 0 Å². The molecule has 2 unspecified atom stereocenters. The fourth-order valence-corrected chi connectivity index (χ4v) is 2.62. The molecule has 0 amide bonds. The van der Waals surface area contributed by atoms with Crippen molar-refractivity contribution in [2.75, 3.05) is 19.6 Å². The Hall–Kier alpha value is -0.0800. The van der Waals surface area contributed by atoms with Gasteiger partial charge in [-0.3, -0.25) is 4.90 Å². The Morgan fingerprint density at radius 1 is 1.19 bits per heavy atom. The third kappa shape index (κ3) is 4.84. The zero-order valence-electron chi connectivity index (χ0n) is 11.5. The smallest absolute Gasteiger partial charge is 0.0195 e. The van der Waals surface area contributed by atoms with Crippen molar-refractivity contribution < 1.29 is 0 Å². The summed E-state index contributed by atoms with van der Waals surface area (Å²) >= 11 is 0. The van der Waals surface area contributed by atoms with Crippen LogP contribution < -0.4 is 5.32 Å². The van der Waals surface area contributed by atoms with E-state index in [1.54, 1.807) is 0 Å². The Bertz CT molecular complexity index is 170. The largest absolute Gasteiger partial charge is 0.313 e. The molecule has 16 heavy (non-hydrogen) atoms. The minimum Gasteiger partial charge on any atom is -0.313 e. The highest BCUT2D eigenvalue weighted by Gasteiger charge is 2.21. The summed E-state index contributed by atoms with van der Waals surface area (Å²) in [4.78, 5) is 2.70. The molecular weight excluding hydrogens is 196 g/mol. The number of rotatable bonds is 6. The maximum atomic E-state index is 3.69. The molecule has 1 aliphatic heterocycles. The number of unbranched alkanes of at least 4 members (excludes halogenated alkanes) is 2. The predicted octanol–water partition coefficient (Wildman–Crippen LogP) is 3.03. The van der Waals surface area contributed by atoms with E-state index in [0.29, 0.717) is 0 Å².